The van der Waals surface area contributed by atoms with E-state index in [2.05, 4.69) is 25.4 Å². The van der Waals surface area contributed by atoms with Gasteiger partial charge in [0, 0.05) is 6.92 Å². The number of ketones is 1. The van der Waals surface area contributed by atoms with Crippen LogP contribution in [-0.4, -0.2) is 31.2 Å². The topological polar surface area (TPSA) is 87.3 Å². The number of nitrogens with zero attached hydrogens (tertiary/aromatic N) is 3. The zero-order chi connectivity index (χ0) is 9.26. The van der Waals surface area contributed by atoms with Gasteiger partial charge in [-0.1, -0.05) is 0 Å². The molecule has 2 heterocycles. The monoisotopic (exact) mass is 177 g/mol. The third-order valence-electron chi connectivity index (χ3n) is 1.61. The first-order valence-electron chi connectivity index (χ1n) is 3.69. The maximum Gasteiger partial charge on any atom is 0.177 e. The summed E-state index contributed by atoms with van der Waals surface area (Å²) >= 11 is 0. The van der Waals surface area contributed by atoms with Crippen LogP contribution in [0.25, 0.3) is 11.5 Å². The normalized spacial score (nSPS) is 10.2. The van der Waals surface area contributed by atoms with E-state index in [4.69, 9.17) is 0 Å². The van der Waals surface area contributed by atoms with Crippen LogP contribution in [0.3, 0.4) is 0 Å². The number of Topliss-reactive ketones (excluding diaryl/α,β-unsaturated/α-hetero) is 1. The molecule has 0 spiro atoms. The predicted molar refractivity (Wildman–Crippen MR) is 44.0 cm³/mol. The van der Waals surface area contributed by atoms with Crippen LogP contribution in [0.5, 0.6) is 0 Å². The van der Waals surface area contributed by atoms with Gasteiger partial charge in [0.2, 0.25) is 0 Å². The van der Waals surface area contributed by atoms with E-state index >= 15 is 0 Å². The highest BCUT2D eigenvalue weighted by molar-refractivity contribution is 5.92. The Morgan fingerprint density at radius 1 is 1.46 bits per heavy atom. The molecule has 0 aliphatic rings. The van der Waals surface area contributed by atoms with Crippen molar-refractivity contribution in [3.63, 3.8) is 0 Å². The number of H-pyrrole nitrogens is 2. The molecule has 0 radical (unpaired) electrons. The second-order valence-corrected chi connectivity index (χ2v) is 2.56. The molecule has 13 heavy (non-hydrogen) atoms. The lowest BCUT2D eigenvalue weighted by Crippen LogP contribution is -1.91. The minimum atomic E-state index is -0.0535. The van der Waals surface area contributed by atoms with Crippen molar-refractivity contribution in [1.82, 2.24) is 25.4 Å². The second kappa shape index (κ2) is 2.81. The summed E-state index contributed by atoms with van der Waals surface area (Å²) in [6, 6.07) is 0. The SMILES string of the molecule is CC(=O)c1cnc(-c2cn[nH]n2)[nH]1. The molecule has 66 valence electrons. The van der Waals surface area contributed by atoms with Crippen LogP contribution in [0, 0.1) is 0 Å². The van der Waals surface area contributed by atoms with E-state index in [9.17, 15) is 4.79 Å². The molecule has 0 bridgehead atoms. The molecule has 0 aliphatic heterocycles. The molecule has 0 unspecified atom stereocenters. The van der Waals surface area contributed by atoms with Crippen LogP contribution in [0.1, 0.15) is 17.4 Å². The van der Waals surface area contributed by atoms with E-state index < -0.39 is 0 Å². The lowest BCUT2D eigenvalue weighted by atomic mass is 10.3. The smallest absolute Gasteiger partial charge is 0.177 e. The van der Waals surface area contributed by atoms with E-state index in [0.717, 1.165) is 0 Å². The Kier molecular flexibility index (Phi) is 1.66. The Labute approximate surface area is 73.4 Å². The maximum atomic E-state index is 10.9. The number of carbonyl (C=O) groups is 1. The summed E-state index contributed by atoms with van der Waals surface area (Å²) in [5, 5.41) is 9.91. The Balaban J connectivity index is 2.39. The predicted octanol–water partition coefficient (Wildman–Crippen LogP) is 0.397. The van der Waals surface area contributed by atoms with E-state index in [0.29, 0.717) is 17.2 Å². The molecule has 2 aromatic rings. The van der Waals surface area contributed by atoms with Crippen molar-refractivity contribution in [2.45, 2.75) is 6.92 Å². The van der Waals surface area contributed by atoms with E-state index in [1.807, 2.05) is 0 Å². The highest BCUT2D eigenvalue weighted by atomic mass is 16.1. The number of hydrogen-bond acceptors (Lipinski definition) is 4. The lowest BCUT2D eigenvalue weighted by molar-refractivity contribution is 0.101. The number of imidazole rings is 1. The van der Waals surface area contributed by atoms with Gasteiger partial charge in [-0.2, -0.15) is 15.4 Å². The van der Waals surface area contributed by atoms with Gasteiger partial charge in [-0.25, -0.2) is 4.98 Å². The number of nitrogens with one attached hydrogen (secondary N) is 2. The first kappa shape index (κ1) is 7.66. The van der Waals surface area contributed by atoms with E-state index in [-0.39, 0.29) is 5.78 Å². The summed E-state index contributed by atoms with van der Waals surface area (Å²) in [5.41, 5.74) is 1.06. The minimum absolute atomic E-state index is 0.0535. The maximum absolute atomic E-state index is 10.9. The van der Waals surface area contributed by atoms with Gasteiger partial charge in [-0.05, 0) is 0 Å². The standard InChI is InChI=1S/C7H7N5O/c1-4(13)5-2-8-7(10-5)6-3-9-12-11-6/h2-3H,1H3,(H,8,10)(H,9,11,12). The first-order valence-corrected chi connectivity index (χ1v) is 3.69. The van der Waals surface area contributed by atoms with Gasteiger partial charge >= 0.3 is 0 Å². The molecule has 0 atom stereocenters. The Hall–Kier alpha value is -1.98. The van der Waals surface area contributed by atoms with Crippen LogP contribution < -0.4 is 0 Å². The summed E-state index contributed by atoms with van der Waals surface area (Å²) in [4.78, 5) is 17.7. The summed E-state index contributed by atoms with van der Waals surface area (Å²) < 4.78 is 0. The zero-order valence-electron chi connectivity index (χ0n) is 6.90. The largest absolute Gasteiger partial charge is 0.334 e. The fourth-order valence-corrected chi connectivity index (χ4v) is 0.946. The summed E-state index contributed by atoms with van der Waals surface area (Å²) in [6.07, 6.45) is 3.01. The number of aromatic amines is 2. The van der Waals surface area contributed by atoms with Crippen LogP contribution >= 0.6 is 0 Å². The average molecular weight is 177 g/mol. The summed E-state index contributed by atoms with van der Waals surface area (Å²) in [6.45, 7) is 1.47. The van der Waals surface area contributed by atoms with Crippen molar-refractivity contribution in [1.29, 1.82) is 0 Å². The molecule has 2 N–H and O–H groups in total. The molecule has 0 saturated carbocycles. The molecule has 6 heteroatoms. The summed E-state index contributed by atoms with van der Waals surface area (Å²) in [5.74, 6) is 0.487. The quantitative estimate of drug-likeness (QED) is 0.650. The number of hydrogen-bond donors (Lipinski definition) is 2. The molecule has 6 nitrogen and oxygen atoms in total. The lowest BCUT2D eigenvalue weighted by Gasteiger charge is -1.86. The molecule has 0 saturated heterocycles. The van der Waals surface area contributed by atoms with Gasteiger partial charge in [0.25, 0.3) is 0 Å². The third kappa shape index (κ3) is 1.33. The van der Waals surface area contributed by atoms with Gasteiger partial charge < -0.3 is 4.98 Å². The fraction of sp³-hybridized carbons (Fsp3) is 0.143. The first-order chi connectivity index (χ1) is 6.27. The summed E-state index contributed by atoms with van der Waals surface area (Å²) in [7, 11) is 0. The molecular weight excluding hydrogens is 170 g/mol. The van der Waals surface area contributed by atoms with Crippen LogP contribution in [0.15, 0.2) is 12.4 Å². The molecule has 2 aromatic heterocycles. The minimum Gasteiger partial charge on any atom is -0.334 e. The third-order valence-corrected chi connectivity index (χ3v) is 1.61. The molecule has 0 fully saturated rings. The molecule has 0 aliphatic carbocycles. The van der Waals surface area contributed by atoms with Crippen molar-refractivity contribution in [2.24, 2.45) is 0 Å². The van der Waals surface area contributed by atoms with Crippen LogP contribution in [0.4, 0.5) is 0 Å². The number of aromatic nitrogens is 5. The van der Waals surface area contributed by atoms with Crippen molar-refractivity contribution in [3.8, 4) is 11.5 Å². The number of rotatable bonds is 2. The van der Waals surface area contributed by atoms with E-state index in [1.165, 1.54) is 19.3 Å². The Morgan fingerprint density at radius 2 is 2.31 bits per heavy atom. The highest BCUT2D eigenvalue weighted by Crippen LogP contribution is 2.10. The number of carbonyl (C=O) groups excluding carboxylic acids is 1. The van der Waals surface area contributed by atoms with Gasteiger partial charge in [0.05, 0.1) is 12.4 Å². The van der Waals surface area contributed by atoms with Crippen LogP contribution in [-0.2, 0) is 0 Å². The van der Waals surface area contributed by atoms with Gasteiger partial charge in [0.1, 0.15) is 11.4 Å². The van der Waals surface area contributed by atoms with Crippen LogP contribution in [0.2, 0.25) is 0 Å². The molecule has 2 rings (SSSR count). The van der Waals surface area contributed by atoms with Gasteiger partial charge in [-0.3, -0.25) is 4.79 Å². The zero-order valence-corrected chi connectivity index (χ0v) is 6.90. The fourth-order valence-electron chi connectivity index (χ4n) is 0.946. The van der Waals surface area contributed by atoms with Crippen molar-refractivity contribution in [3.05, 3.63) is 18.1 Å². The highest BCUT2D eigenvalue weighted by Gasteiger charge is 2.07. The Bertz CT molecular complexity index is 416. The molecular formula is C7H7N5O. The van der Waals surface area contributed by atoms with Crippen molar-refractivity contribution >= 4 is 5.78 Å². The second-order valence-electron chi connectivity index (χ2n) is 2.56. The van der Waals surface area contributed by atoms with Crippen molar-refractivity contribution in [2.75, 3.05) is 0 Å². The van der Waals surface area contributed by atoms with Gasteiger partial charge in [0.15, 0.2) is 11.6 Å². The van der Waals surface area contributed by atoms with Crippen molar-refractivity contribution < 1.29 is 4.79 Å². The molecule has 0 amide bonds. The van der Waals surface area contributed by atoms with E-state index in [1.54, 1.807) is 0 Å². The van der Waals surface area contributed by atoms with Gasteiger partial charge in [-0.15, -0.1) is 0 Å². The molecule has 0 aromatic carbocycles. The average Bonchev–Trinajstić information content (AvgIpc) is 2.75. The Morgan fingerprint density at radius 3 is 2.85 bits per heavy atom.